The molecule has 1 heterocycles. The summed E-state index contributed by atoms with van der Waals surface area (Å²) in [5.41, 5.74) is 2.68. The Labute approximate surface area is 154 Å². The van der Waals surface area contributed by atoms with Crippen LogP contribution in [0.15, 0.2) is 46.9 Å². The highest BCUT2D eigenvalue weighted by Gasteiger charge is 2.33. The highest BCUT2D eigenvalue weighted by molar-refractivity contribution is 9.10. The van der Waals surface area contributed by atoms with Gasteiger partial charge in [-0.2, -0.15) is 0 Å². The van der Waals surface area contributed by atoms with Crippen LogP contribution in [0.1, 0.15) is 17.5 Å². The number of benzene rings is 2. The number of hydrogen-bond acceptors (Lipinski definition) is 2. The second-order valence-corrected chi connectivity index (χ2v) is 7.07. The van der Waals surface area contributed by atoms with Gasteiger partial charge in [0.1, 0.15) is 0 Å². The predicted octanol–water partition coefficient (Wildman–Crippen LogP) is 4.77. The third kappa shape index (κ3) is 3.47. The fourth-order valence-electron chi connectivity index (χ4n) is 2.65. The van der Waals surface area contributed by atoms with E-state index in [-0.39, 0.29) is 24.9 Å². The maximum absolute atomic E-state index is 12.8. The summed E-state index contributed by atoms with van der Waals surface area (Å²) in [4.78, 5) is 27.9. The molecule has 0 N–H and O–H groups in total. The molecule has 3 amide bonds. The summed E-state index contributed by atoms with van der Waals surface area (Å²) in [6.45, 7) is 2.60. The number of hydrogen-bond donors (Lipinski definition) is 0. The molecular weight excluding hydrogens is 392 g/mol. The van der Waals surface area contributed by atoms with Crippen molar-refractivity contribution in [2.45, 2.75) is 19.9 Å². The van der Waals surface area contributed by atoms with Gasteiger partial charge in [-0.05, 0) is 30.7 Å². The molecule has 0 radical (unpaired) electrons. The number of nitrogens with zero attached hydrogens (tertiary/aromatic N) is 2. The number of aryl methyl sites for hydroxylation is 1. The third-order valence-corrected chi connectivity index (χ3v) is 4.77. The minimum Gasteiger partial charge on any atom is -0.292 e. The summed E-state index contributed by atoms with van der Waals surface area (Å²) in [6.07, 6.45) is 0.282. The van der Waals surface area contributed by atoms with E-state index in [0.29, 0.717) is 17.3 Å². The summed E-state index contributed by atoms with van der Waals surface area (Å²) >= 11 is 9.62. The van der Waals surface area contributed by atoms with Crippen molar-refractivity contribution in [2.75, 3.05) is 11.4 Å². The van der Waals surface area contributed by atoms with Crippen LogP contribution in [0.3, 0.4) is 0 Å². The van der Waals surface area contributed by atoms with E-state index in [4.69, 9.17) is 11.6 Å². The van der Waals surface area contributed by atoms with Crippen LogP contribution in [-0.2, 0) is 11.3 Å². The van der Waals surface area contributed by atoms with Crippen molar-refractivity contribution in [3.8, 4) is 0 Å². The van der Waals surface area contributed by atoms with Crippen LogP contribution in [0.5, 0.6) is 0 Å². The minimum atomic E-state index is -0.337. The maximum atomic E-state index is 12.8. The van der Waals surface area contributed by atoms with Crippen LogP contribution in [-0.4, -0.2) is 23.4 Å². The second kappa shape index (κ2) is 6.95. The van der Waals surface area contributed by atoms with Crippen LogP contribution in [0.25, 0.3) is 0 Å². The van der Waals surface area contributed by atoms with Crippen molar-refractivity contribution >= 4 is 45.2 Å². The van der Waals surface area contributed by atoms with Crippen molar-refractivity contribution in [3.05, 3.63) is 63.1 Å². The number of carbonyl (C=O) groups is 2. The van der Waals surface area contributed by atoms with Crippen molar-refractivity contribution in [2.24, 2.45) is 0 Å². The molecule has 1 fully saturated rings. The molecule has 2 aromatic rings. The Morgan fingerprint density at radius 2 is 1.83 bits per heavy atom. The maximum Gasteiger partial charge on any atom is 0.331 e. The van der Waals surface area contributed by atoms with Gasteiger partial charge in [0.05, 0.1) is 17.3 Å². The van der Waals surface area contributed by atoms with Crippen LogP contribution in [0.4, 0.5) is 10.5 Å². The van der Waals surface area contributed by atoms with E-state index >= 15 is 0 Å². The molecule has 0 spiro atoms. The number of imide groups is 1. The standard InChI is InChI=1S/C18H16BrClN2O2/c1-12-2-4-13(5-3-12)11-22-17(23)8-9-21(18(22)24)16-7-6-14(19)10-15(16)20/h2-7,10H,8-9,11H2,1H3. The quantitative estimate of drug-likeness (QED) is 0.735. The molecule has 0 bridgehead atoms. The van der Waals surface area contributed by atoms with Crippen LogP contribution in [0.2, 0.25) is 5.02 Å². The molecule has 0 saturated carbocycles. The van der Waals surface area contributed by atoms with Gasteiger partial charge in [-0.25, -0.2) is 4.79 Å². The molecule has 0 atom stereocenters. The summed E-state index contributed by atoms with van der Waals surface area (Å²) in [5, 5.41) is 0.474. The number of halogens is 2. The molecule has 24 heavy (non-hydrogen) atoms. The predicted molar refractivity (Wildman–Crippen MR) is 98.2 cm³/mol. The Balaban J connectivity index is 1.85. The molecular formula is C18H16BrClN2O2. The van der Waals surface area contributed by atoms with Gasteiger partial charge in [0.2, 0.25) is 5.91 Å². The average Bonchev–Trinajstić information content (AvgIpc) is 2.54. The molecule has 0 aromatic heterocycles. The van der Waals surface area contributed by atoms with Gasteiger partial charge in [-0.3, -0.25) is 14.6 Å². The van der Waals surface area contributed by atoms with Crippen LogP contribution >= 0.6 is 27.5 Å². The highest BCUT2D eigenvalue weighted by atomic mass is 79.9. The zero-order valence-electron chi connectivity index (χ0n) is 13.1. The van der Waals surface area contributed by atoms with Crippen molar-refractivity contribution in [1.29, 1.82) is 0 Å². The molecule has 1 saturated heterocycles. The minimum absolute atomic E-state index is 0.162. The van der Waals surface area contributed by atoms with Crippen LogP contribution in [0, 0.1) is 6.92 Å². The van der Waals surface area contributed by atoms with Crippen LogP contribution < -0.4 is 4.90 Å². The lowest BCUT2D eigenvalue weighted by atomic mass is 10.1. The lowest BCUT2D eigenvalue weighted by molar-refractivity contribution is -0.129. The van der Waals surface area contributed by atoms with Gasteiger partial charge < -0.3 is 0 Å². The largest absolute Gasteiger partial charge is 0.331 e. The Kier molecular flexibility index (Phi) is 4.92. The van der Waals surface area contributed by atoms with Crippen molar-refractivity contribution < 1.29 is 9.59 Å². The van der Waals surface area contributed by atoms with E-state index in [9.17, 15) is 9.59 Å². The van der Waals surface area contributed by atoms with E-state index in [1.807, 2.05) is 37.3 Å². The first kappa shape index (κ1) is 17.0. The molecule has 2 aromatic carbocycles. The molecule has 4 nitrogen and oxygen atoms in total. The van der Waals surface area contributed by atoms with E-state index in [1.54, 1.807) is 17.0 Å². The second-order valence-electron chi connectivity index (χ2n) is 5.75. The number of urea groups is 1. The fraction of sp³-hybridized carbons (Fsp3) is 0.222. The zero-order valence-corrected chi connectivity index (χ0v) is 15.5. The first-order valence-corrected chi connectivity index (χ1v) is 8.75. The summed E-state index contributed by atoms with van der Waals surface area (Å²) in [5.74, 6) is -0.162. The summed E-state index contributed by atoms with van der Waals surface area (Å²) in [6, 6.07) is 12.8. The third-order valence-electron chi connectivity index (χ3n) is 3.97. The monoisotopic (exact) mass is 406 g/mol. The molecule has 6 heteroatoms. The molecule has 124 valence electrons. The van der Waals surface area contributed by atoms with E-state index < -0.39 is 0 Å². The van der Waals surface area contributed by atoms with E-state index in [0.717, 1.165) is 15.6 Å². The number of carbonyl (C=O) groups excluding carboxylic acids is 2. The lowest BCUT2D eigenvalue weighted by Gasteiger charge is -2.34. The van der Waals surface area contributed by atoms with Gasteiger partial charge in [-0.1, -0.05) is 57.4 Å². The summed E-state index contributed by atoms with van der Waals surface area (Å²) in [7, 11) is 0. The Hall–Kier alpha value is -1.85. The van der Waals surface area contributed by atoms with Crippen molar-refractivity contribution in [3.63, 3.8) is 0 Å². The zero-order chi connectivity index (χ0) is 17.3. The number of amides is 3. The summed E-state index contributed by atoms with van der Waals surface area (Å²) < 4.78 is 0.841. The van der Waals surface area contributed by atoms with Gasteiger partial charge in [-0.15, -0.1) is 0 Å². The van der Waals surface area contributed by atoms with Gasteiger partial charge >= 0.3 is 6.03 Å². The SMILES string of the molecule is Cc1ccc(CN2C(=O)CCN(c3ccc(Br)cc3Cl)C2=O)cc1. The van der Waals surface area contributed by atoms with Crippen molar-refractivity contribution in [1.82, 2.24) is 4.90 Å². The Morgan fingerprint density at radius 3 is 2.50 bits per heavy atom. The molecule has 0 unspecified atom stereocenters. The molecule has 0 aliphatic carbocycles. The topological polar surface area (TPSA) is 40.6 Å². The average molecular weight is 408 g/mol. The van der Waals surface area contributed by atoms with E-state index in [1.165, 1.54) is 4.90 Å². The first-order chi connectivity index (χ1) is 11.5. The van der Waals surface area contributed by atoms with E-state index in [2.05, 4.69) is 15.9 Å². The molecule has 3 rings (SSSR count). The lowest BCUT2D eigenvalue weighted by Crippen LogP contribution is -2.52. The van der Waals surface area contributed by atoms with Gasteiger partial charge in [0.25, 0.3) is 0 Å². The number of anilines is 1. The number of rotatable bonds is 3. The first-order valence-electron chi connectivity index (χ1n) is 7.58. The van der Waals surface area contributed by atoms with Gasteiger partial charge in [0, 0.05) is 17.4 Å². The fourth-order valence-corrected chi connectivity index (χ4v) is 3.42. The Bertz CT molecular complexity index is 792. The molecule has 1 aliphatic heterocycles. The molecule has 1 aliphatic rings. The van der Waals surface area contributed by atoms with Gasteiger partial charge in [0.15, 0.2) is 0 Å². The Morgan fingerprint density at radius 1 is 1.12 bits per heavy atom. The smallest absolute Gasteiger partial charge is 0.292 e. The highest BCUT2D eigenvalue weighted by Crippen LogP contribution is 2.31. The normalized spacial score (nSPS) is 15.1.